The number of carbonyl (C=O) groups is 1. The monoisotopic (exact) mass is 1030 g/mol. The molecule has 12 nitrogen and oxygen atoms in total. The maximum Gasteiger partial charge on any atom is 0.269 e. The molecule has 398 valence electrons. The minimum atomic E-state index is -1.50. The molecular weight excluding hydrogens is 958 g/mol. The van der Waals surface area contributed by atoms with E-state index in [0.717, 1.165) is 66.5 Å². The van der Waals surface area contributed by atoms with Crippen molar-refractivity contribution in [2.75, 3.05) is 26.1 Å². The van der Waals surface area contributed by atoms with Crippen LogP contribution < -0.4 is 9.47 Å². The van der Waals surface area contributed by atoms with Crippen LogP contribution in [-0.2, 0) is 27.5 Å². The van der Waals surface area contributed by atoms with Gasteiger partial charge in [0.2, 0.25) is 11.7 Å². The SMILES string of the molecule is C=CCOC12Oc3ccc(Oc4ccc(SC)cc4)cc3C3C(CCCCO)C(CCCCO)C=C(C(=NOCc4ccc([N+](=O)[O-])cc4)CC1N(Cc1ccc(F)cc1)C(=O)CCCCCCCCCCC)C32. The molecule has 3 aliphatic rings. The Kier molecular flexibility index (Phi) is 21.6. The van der Waals surface area contributed by atoms with Gasteiger partial charge in [0, 0.05) is 61.1 Å². The first-order valence-corrected chi connectivity index (χ1v) is 28.1. The average molecular weight is 1030 g/mol. The second-order valence-electron chi connectivity index (χ2n) is 20.0. The van der Waals surface area contributed by atoms with Gasteiger partial charge in [-0.1, -0.05) is 101 Å². The number of aliphatic hydroxyl groups is 2. The van der Waals surface area contributed by atoms with E-state index < -0.39 is 22.7 Å². The molecule has 0 spiro atoms. The lowest BCUT2D eigenvalue weighted by Crippen LogP contribution is -2.70. The van der Waals surface area contributed by atoms with Crippen LogP contribution in [0, 0.1) is 33.7 Å². The van der Waals surface area contributed by atoms with E-state index in [4.69, 9.17) is 24.2 Å². The van der Waals surface area contributed by atoms with Crippen LogP contribution in [0.4, 0.5) is 10.1 Å². The first-order chi connectivity index (χ1) is 36.1. The number of hydrogen-bond donors (Lipinski definition) is 2. The molecule has 6 atom stereocenters. The van der Waals surface area contributed by atoms with Crippen molar-refractivity contribution in [3.05, 3.63) is 148 Å². The van der Waals surface area contributed by atoms with Crippen molar-refractivity contribution in [2.45, 2.75) is 152 Å². The largest absolute Gasteiger partial charge is 0.459 e. The normalized spacial score (nSPS) is 21.2. The van der Waals surface area contributed by atoms with Crippen molar-refractivity contribution >= 4 is 29.1 Å². The summed E-state index contributed by atoms with van der Waals surface area (Å²) in [5, 5.41) is 36.6. The Hall–Kier alpha value is -5.54. The molecular formula is C60H76FN3O9S. The van der Waals surface area contributed by atoms with Gasteiger partial charge in [-0.2, -0.15) is 0 Å². The van der Waals surface area contributed by atoms with Gasteiger partial charge in [-0.3, -0.25) is 14.9 Å². The minimum Gasteiger partial charge on any atom is -0.459 e. The predicted molar refractivity (Wildman–Crippen MR) is 290 cm³/mol. The van der Waals surface area contributed by atoms with Crippen molar-refractivity contribution in [3.8, 4) is 17.2 Å². The third-order valence-electron chi connectivity index (χ3n) is 14.9. The number of nitro groups is 1. The maximum absolute atomic E-state index is 15.3. The van der Waals surface area contributed by atoms with Gasteiger partial charge < -0.3 is 34.2 Å². The molecule has 1 aliphatic heterocycles. The number of unbranched alkanes of at least 4 members (excludes halogenated alkanes) is 10. The molecule has 2 aliphatic carbocycles. The van der Waals surface area contributed by atoms with E-state index in [2.05, 4.69) is 25.6 Å². The lowest BCUT2D eigenvalue weighted by Gasteiger charge is -2.60. The molecule has 0 aromatic heterocycles. The van der Waals surface area contributed by atoms with E-state index in [0.29, 0.717) is 47.8 Å². The van der Waals surface area contributed by atoms with Crippen molar-refractivity contribution in [2.24, 2.45) is 22.9 Å². The highest BCUT2D eigenvalue weighted by Gasteiger charge is 2.65. The summed E-state index contributed by atoms with van der Waals surface area (Å²) >= 11 is 1.66. The number of oxime groups is 1. The third kappa shape index (κ3) is 14.4. The van der Waals surface area contributed by atoms with Crippen molar-refractivity contribution in [1.29, 1.82) is 0 Å². The zero-order chi connectivity index (χ0) is 52.3. The van der Waals surface area contributed by atoms with Crippen LogP contribution in [0.2, 0.25) is 0 Å². The summed E-state index contributed by atoms with van der Waals surface area (Å²) in [6, 6.07) is 25.6. The second-order valence-corrected chi connectivity index (χ2v) is 20.9. The molecule has 0 saturated heterocycles. The van der Waals surface area contributed by atoms with E-state index >= 15 is 4.79 Å². The van der Waals surface area contributed by atoms with Crippen LogP contribution in [0.5, 0.6) is 17.2 Å². The fourth-order valence-electron chi connectivity index (χ4n) is 11.3. The summed E-state index contributed by atoms with van der Waals surface area (Å²) < 4.78 is 35.9. The Balaban J connectivity index is 1.38. The summed E-state index contributed by atoms with van der Waals surface area (Å²) in [6.45, 7) is 6.72. The van der Waals surface area contributed by atoms with Crippen molar-refractivity contribution in [1.82, 2.24) is 4.90 Å². The molecule has 4 aromatic carbocycles. The number of benzene rings is 4. The maximum atomic E-state index is 15.3. The van der Waals surface area contributed by atoms with Gasteiger partial charge in [0.15, 0.2) is 0 Å². The molecule has 7 rings (SSSR count). The number of aliphatic hydroxyl groups excluding tert-OH is 2. The number of nitrogens with zero attached hydrogens (tertiary/aromatic N) is 3. The summed E-state index contributed by atoms with van der Waals surface area (Å²) in [4.78, 5) is 35.6. The fraction of sp³-hybridized carbons (Fsp3) is 0.500. The van der Waals surface area contributed by atoms with Gasteiger partial charge in [0.25, 0.3) is 5.69 Å². The van der Waals surface area contributed by atoms with E-state index in [9.17, 15) is 24.7 Å². The number of halogens is 1. The first-order valence-electron chi connectivity index (χ1n) is 26.9. The summed E-state index contributed by atoms with van der Waals surface area (Å²) in [5.74, 6) is -0.880. The number of fused-ring (bicyclic) bond motifs is 2. The summed E-state index contributed by atoms with van der Waals surface area (Å²) in [7, 11) is 0. The number of non-ortho nitro benzene ring substituents is 1. The molecule has 1 fully saturated rings. The summed E-state index contributed by atoms with van der Waals surface area (Å²) in [6.07, 6.45) is 20.7. The van der Waals surface area contributed by atoms with Gasteiger partial charge in [-0.15, -0.1) is 18.3 Å². The number of thioether (sulfide) groups is 1. The number of carbonyl (C=O) groups excluding carboxylic acids is 1. The van der Waals surface area contributed by atoms with E-state index in [1.165, 1.54) is 56.4 Å². The lowest BCUT2D eigenvalue weighted by atomic mass is 9.55. The molecule has 4 aromatic rings. The lowest BCUT2D eigenvalue weighted by molar-refractivity contribution is -0.384. The molecule has 14 heteroatoms. The van der Waals surface area contributed by atoms with Gasteiger partial charge in [0.05, 0.1) is 23.2 Å². The van der Waals surface area contributed by atoms with Crippen molar-refractivity contribution in [3.63, 3.8) is 0 Å². The topological polar surface area (TPSA) is 153 Å². The van der Waals surface area contributed by atoms with Crippen LogP contribution >= 0.6 is 11.8 Å². The average Bonchev–Trinajstić information content (AvgIpc) is 3.42. The Morgan fingerprint density at radius 2 is 1.54 bits per heavy atom. The molecule has 0 radical (unpaired) electrons. The smallest absolute Gasteiger partial charge is 0.269 e. The van der Waals surface area contributed by atoms with Gasteiger partial charge >= 0.3 is 0 Å². The number of ether oxygens (including phenoxy) is 3. The van der Waals surface area contributed by atoms with Gasteiger partial charge in [0.1, 0.15) is 35.7 Å². The zero-order valence-electron chi connectivity index (χ0n) is 43.3. The number of amides is 1. The quantitative estimate of drug-likeness (QED) is 0.0164. The predicted octanol–water partition coefficient (Wildman–Crippen LogP) is 14.0. The molecule has 0 bridgehead atoms. The number of nitro benzene ring substituents is 1. The second kappa shape index (κ2) is 28.4. The minimum absolute atomic E-state index is 0.00299. The Morgan fingerprint density at radius 1 is 0.878 bits per heavy atom. The third-order valence-corrected chi connectivity index (χ3v) is 15.7. The molecule has 1 saturated carbocycles. The van der Waals surface area contributed by atoms with Crippen LogP contribution in [0.1, 0.15) is 139 Å². The zero-order valence-corrected chi connectivity index (χ0v) is 44.2. The molecule has 1 heterocycles. The Labute approximate surface area is 441 Å². The van der Waals surface area contributed by atoms with Crippen LogP contribution in [-0.4, -0.2) is 69.6 Å². The van der Waals surface area contributed by atoms with E-state index in [-0.39, 0.29) is 81.0 Å². The highest BCUT2D eigenvalue weighted by Crippen LogP contribution is 2.62. The van der Waals surface area contributed by atoms with Crippen LogP contribution in [0.3, 0.4) is 0 Å². The van der Waals surface area contributed by atoms with Crippen LogP contribution in [0.15, 0.2) is 125 Å². The number of allylic oxidation sites excluding steroid dienone is 1. The molecule has 6 unspecified atom stereocenters. The summed E-state index contributed by atoms with van der Waals surface area (Å²) in [5.41, 5.74) is 3.84. The highest BCUT2D eigenvalue weighted by atomic mass is 32.2. The standard InChI is InChI=1S/C60H76FN3O9S/c1-4-6-7-8-9-10-11-12-13-20-57(67)63(41-43-21-25-46(61)26-22-43)56-40-54(62-71-42-44-23-27-47(28-24-44)64(68)69)52-38-45(18-14-16-35-65)51(19-15-17-36-66)58-53-39-49(72-48-29-32-50(74-3)33-30-48)31-34-55(53)73-60(56,59(52)58)70-37-5-2/h5,21-34,38-39,45,51,56,58-59,65-66H,2,4,6-20,35-37,40-42H2,1,3H3. The first kappa shape index (κ1) is 56.2. The van der Waals surface area contributed by atoms with Gasteiger partial charge in [-0.05, 0) is 134 Å². The highest BCUT2D eigenvalue weighted by molar-refractivity contribution is 7.98. The Morgan fingerprint density at radius 3 is 2.20 bits per heavy atom. The van der Waals surface area contributed by atoms with Gasteiger partial charge in [-0.25, -0.2) is 4.39 Å². The van der Waals surface area contributed by atoms with Crippen LogP contribution in [0.25, 0.3) is 0 Å². The number of rotatable bonds is 31. The molecule has 1 amide bonds. The van der Waals surface area contributed by atoms with Crippen molar-refractivity contribution < 1.29 is 43.4 Å². The van der Waals surface area contributed by atoms with E-state index in [1.807, 2.05) is 47.6 Å². The fourth-order valence-corrected chi connectivity index (χ4v) is 11.7. The molecule has 2 N–H and O–H groups in total. The Bertz CT molecular complexity index is 2490. The number of hydrogen-bond acceptors (Lipinski definition) is 11. The van der Waals surface area contributed by atoms with E-state index in [1.54, 1.807) is 42.1 Å². The molecule has 74 heavy (non-hydrogen) atoms.